The van der Waals surface area contributed by atoms with Crippen LogP contribution in [0.5, 0.6) is 11.5 Å². The fraction of sp³-hybridized carbons (Fsp3) is 0.529. The van der Waals surface area contributed by atoms with E-state index < -0.39 is 5.60 Å². The van der Waals surface area contributed by atoms with Gasteiger partial charge in [-0.15, -0.1) is 0 Å². The van der Waals surface area contributed by atoms with Crippen molar-refractivity contribution in [3.8, 4) is 11.5 Å². The number of aliphatic hydroxyl groups is 1. The van der Waals surface area contributed by atoms with E-state index in [1.807, 2.05) is 32.0 Å². The van der Waals surface area contributed by atoms with Crippen LogP contribution in [-0.2, 0) is 6.54 Å². The van der Waals surface area contributed by atoms with Crippen molar-refractivity contribution >= 4 is 0 Å². The van der Waals surface area contributed by atoms with Crippen LogP contribution in [0.4, 0.5) is 0 Å². The van der Waals surface area contributed by atoms with Crippen LogP contribution in [0.25, 0.3) is 0 Å². The van der Waals surface area contributed by atoms with Crippen molar-refractivity contribution in [2.45, 2.75) is 38.8 Å². The lowest BCUT2D eigenvalue weighted by Crippen LogP contribution is -2.39. The van der Waals surface area contributed by atoms with Crippen molar-refractivity contribution in [3.05, 3.63) is 36.4 Å². The third kappa shape index (κ3) is 5.40. The Morgan fingerprint density at radius 2 is 2.00 bits per heavy atom. The van der Waals surface area contributed by atoms with E-state index in [0.29, 0.717) is 31.2 Å². The third-order valence-corrected chi connectivity index (χ3v) is 3.68. The molecule has 2 N–H and O–H groups in total. The van der Waals surface area contributed by atoms with Gasteiger partial charge in [-0.3, -0.25) is 0 Å². The summed E-state index contributed by atoms with van der Waals surface area (Å²) in [6, 6.07) is 5.83. The zero-order valence-electron chi connectivity index (χ0n) is 13.3. The molecular formula is C17H27NO3. The van der Waals surface area contributed by atoms with Crippen molar-refractivity contribution in [2.24, 2.45) is 0 Å². The number of ether oxygens (including phenoxy) is 2. The highest BCUT2D eigenvalue weighted by atomic mass is 16.5. The van der Waals surface area contributed by atoms with Crippen LogP contribution in [0.15, 0.2) is 30.9 Å². The first kappa shape index (κ1) is 17.5. The largest absolute Gasteiger partial charge is 0.493 e. The lowest BCUT2D eigenvalue weighted by molar-refractivity contribution is 0.0323. The maximum Gasteiger partial charge on any atom is 0.161 e. The summed E-state index contributed by atoms with van der Waals surface area (Å²) in [5.74, 6) is 1.41. The predicted octanol–water partition coefficient (Wildman–Crippen LogP) is 2.90. The van der Waals surface area contributed by atoms with Gasteiger partial charge in [-0.05, 0) is 30.5 Å². The lowest BCUT2D eigenvalue weighted by atomic mass is 9.97. The molecule has 0 aromatic heterocycles. The standard InChI is InChI=1S/C17H27NO3/c1-5-10-21-15-9-8-14(11-16(15)20-4)12-18-13-17(19,6-2)7-3/h5,8-9,11,18-19H,1,6-7,10,12-13H2,2-4H3. The summed E-state index contributed by atoms with van der Waals surface area (Å²) < 4.78 is 10.9. The Morgan fingerprint density at radius 1 is 1.29 bits per heavy atom. The fourth-order valence-corrected chi connectivity index (χ4v) is 2.03. The van der Waals surface area contributed by atoms with E-state index in [0.717, 1.165) is 18.4 Å². The molecule has 0 aliphatic rings. The molecular weight excluding hydrogens is 266 g/mol. The summed E-state index contributed by atoms with van der Waals surface area (Å²) in [5, 5.41) is 13.5. The topological polar surface area (TPSA) is 50.7 Å². The third-order valence-electron chi connectivity index (χ3n) is 3.68. The minimum absolute atomic E-state index is 0.452. The fourth-order valence-electron chi connectivity index (χ4n) is 2.03. The van der Waals surface area contributed by atoms with Gasteiger partial charge < -0.3 is 19.9 Å². The molecule has 1 aromatic rings. The summed E-state index contributed by atoms with van der Waals surface area (Å²) in [6.07, 6.45) is 3.19. The van der Waals surface area contributed by atoms with Crippen LogP contribution >= 0.6 is 0 Å². The second-order valence-corrected chi connectivity index (χ2v) is 5.12. The van der Waals surface area contributed by atoms with Crippen LogP contribution in [0.1, 0.15) is 32.3 Å². The quantitative estimate of drug-likeness (QED) is 0.651. The summed E-state index contributed by atoms with van der Waals surface area (Å²) in [5.41, 5.74) is 0.462. The van der Waals surface area contributed by atoms with E-state index >= 15 is 0 Å². The highest BCUT2D eigenvalue weighted by Crippen LogP contribution is 2.28. The number of methoxy groups -OCH3 is 1. The number of hydrogen-bond donors (Lipinski definition) is 2. The maximum absolute atomic E-state index is 10.2. The number of hydrogen-bond acceptors (Lipinski definition) is 4. The van der Waals surface area contributed by atoms with Gasteiger partial charge in [0.25, 0.3) is 0 Å². The van der Waals surface area contributed by atoms with Gasteiger partial charge in [0.2, 0.25) is 0 Å². The van der Waals surface area contributed by atoms with Gasteiger partial charge in [-0.1, -0.05) is 32.6 Å². The predicted molar refractivity (Wildman–Crippen MR) is 85.9 cm³/mol. The van der Waals surface area contributed by atoms with Crippen LogP contribution < -0.4 is 14.8 Å². The van der Waals surface area contributed by atoms with Crippen LogP contribution in [0, 0.1) is 0 Å². The van der Waals surface area contributed by atoms with E-state index in [4.69, 9.17) is 9.47 Å². The normalized spacial score (nSPS) is 11.2. The van der Waals surface area contributed by atoms with E-state index in [-0.39, 0.29) is 0 Å². The summed E-state index contributed by atoms with van der Waals surface area (Å²) >= 11 is 0. The Kier molecular flexibility index (Phi) is 7.26. The van der Waals surface area contributed by atoms with Crippen molar-refractivity contribution < 1.29 is 14.6 Å². The van der Waals surface area contributed by atoms with Crippen molar-refractivity contribution in [2.75, 3.05) is 20.3 Å². The van der Waals surface area contributed by atoms with Gasteiger partial charge in [0.1, 0.15) is 6.61 Å². The van der Waals surface area contributed by atoms with Crippen LogP contribution in [0.2, 0.25) is 0 Å². The van der Waals surface area contributed by atoms with Crippen molar-refractivity contribution in [3.63, 3.8) is 0 Å². The molecule has 0 unspecified atom stereocenters. The van der Waals surface area contributed by atoms with Gasteiger partial charge in [0.05, 0.1) is 12.7 Å². The van der Waals surface area contributed by atoms with Gasteiger partial charge >= 0.3 is 0 Å². The van der Waals surface area contributed by atoms with E-state index in [1.54, 1.807) is 13.2 Å². The van der Waals surface area contributed by atoms with Gasteiger partial charge in [0.15, 0.2) is 11.5 Å². The molecule has 0 aliphatic carbocycles. The molecule has 0 fully saturated rings. The molecule has 0 spiro atoms. The summed E-state index contributed by atoms with van der Waals surface area (Å²) in [7, 11) is 1.63. The van der Waals surface area contributed by atoms with Crippen molar-refractivity contribution in [1.29, 1.82) is 0 Å². The zero-order valence-corrected chi connectivity index (χ0v) is 13.3. The SMILES string of the molecule is C=CCOc1ccc(CNCC(O)(CC)CC)cc1OC. The van der Waals surface area contributed by atoms with Gasteiger partial charge in [-0.2, -0.15) is 0 Å². The molecule has 0 amide bonds. The monoisotopic (exact) mass is 293 g/mol. The molecule has 21 heavy (non-hydrogen) atoms. The summed E-state index contributed by atoms with van der Waals surface area (Å²) in [6.45, 7) is 9.34. The van der Waals surface area contributed by atoms with Crippen LogP contribution in [-0.4, -0.2) is 31.0 Å². The van der Waals surface area contributed by atoms with E-state index in [1.165, 1.54) is 0 Å². The molecule has 0 bridgehead atoms. The van der Waals surface area contributed by atoms with Crippen molar-refractivity contribution in [1.82, 2.24) is 5.32 Å². The molecule has 4 nitrogen and oxygen atoms in total. The molecule has 0 heterocycles. The zero-order chi connectivity index (χ0) is 15.7. The number of rotatable bonds is 10. The van der Waals surface area contributed by atoms with E-state index in [9.17, 15) is 5.11 Å². The first-order valence-electron chi connectivity index (χ1n) is 7.42. The van der Waals surface area contributed by atoms with Gasteiger partial charge in [0, 0.05) is 13.1 Å². The minimum Gasteiger partial charge on any atom is -0.493 e. The molecule has 1 aromatic carbocycles. The molecule has 1 rings (SSSR count). The molecule has 118 valence electrons. The van der Waals surface area contributed by atoms with E-state index in [2.05, 4.69) is 11.9 Å². The smallest absolute Gasteiger partial charge is 0.161 e. The number of nitrogens with one attached hydrogen (secondary N) is 1. The summed E-state index contributed by atoms with van der Waals surface area (Å²) in [4.78, 5) is 0. The minimum atomic E-state index is -0.628. The molecule has 0 aliphatic heterocycles. The molecule has 4 heteroatoms. The lowest BCUT2D eigenvalue weighted by Gasteiger charge is -2.25. The molecule has 0 radical (unpaired) electrons. The maximum atomic E-state index is 10.2. The average molecular weight is 293 g/mol. The molecule has 0 saturated carbocycles. The Morgan fingerprint density at radius 3 is 2.57 bits per heavy atom. The molecule has 0 saturated heterocycles. The second kappa shape index (κ2) is 8.70. The Labute approximate surface area is 127 Å². The highest BCUT2D eigenvalue weighted by Gasteiger charge is 2.21. The van der Waals surface area contributed by atoms with Gasteiger partial charge in [-0.25, -0.2) is 0 Å². The number of benzene rings is 1. The average Bonchev–Trinajstić information content (AvgIpc) is 2.53. The first-order chi connectivity index (χ1) is 10.1. The Bertz CT molecular complexity index is 442. The molecule has 0 atom stereocenters. The Balaban J connectivity index is 2.62. The second-order valence-electron chi connectivity index (χ2n) is 5.12. The van der Waals surface area contributed by atoms with Crippen LogP contribution in [0.3, 0.4) is 0 Å². The highest BCUT2D eigenvalue weighted by molar-refractivity contribution is 5.43. The Hall–Kier alpha value is -1.52. The first-order valence-corrected chi connectivity index (χ1v) is 7.42.